The summed E-state index contributed by atoms with van der Waals surface area (Å²) in [6, 6.07) is 7.86. The normalized spacial score (nSPS) is 20.4. The number of nitrogens with one attached hydrogen (secondary N) is 1. The highest BCUT2D eigenvalue weighted by atomic mass is 32.2. The zero-order valence-corrected chi connectivity index (χ0v) is 13.3. The molecule has 2 rings (SSSR count). The number of carbonyl (C=O) groups excluding carboxylic acids is 1. The first-order valence-corrected chi connectivity index (χ1v) is 8.01. The number of hydrogen-bond acceptors (Lipinski definition) is 3. The maximum atomic E-state index is 12.3. The number of rotatable bonds is 2. The molecule has 0 bridgehead atoms. The van der Waals surface area contributed by atoms with Crippen molar-refractivity contribution in [2.24, 2.45) is 0 Å². The molecule has 5 heteroatoms. The van der Waals surface area contributed by atoms with Gasteiger partial charge in [-0.05, 0) is 38.8 Å². The Labute approximate surface area is 123 Å². The van der Waals surface area contributed by atoms with Gasteiger partial charge in [-0.25, -0.2) is 0 Å². The van der Waals surface area contributed by atoms with E-state index in [0.29, 0.717) is 6.54 Å². The largest absolute Gasteiger partial charge is 0.598 e. The maximum absolute atomic E-state index is 12.3. The number of fused-ring (bicyclic) bond motifs is 1. The Bertz CT molecular complexity index is 499. The second-order valence-corrected chi connectivity index (χ2v) is 8.07. The molecule has 0 aromatic heterocycles. The predicted octanol–water partition coefficient (Wildman–Crippen LogP) is 2.54. The molecule has 0 radical (unpaired) electrons. The number of anilines is 1. The van der Waals surface area contributed by atoms with Crippen molar-refractivity contribution in [1.82, 2.24) is 4.72 Å². The van der Waals surface area contributed by atoms with Gasteiger partial charge >= 0.3 is 0 Å². The second-order valence-electron chi connectivity index (χ2n) is 6.07. The van der Waals surface area contributed by atoms with Crippen molar-refractivity contribution in [2.75, 3.05) is 11.4 Å². The van der Waals surface area contributed by atoms with Gasteiger partial charge in [-0.2, -0.15) is 0 Å². The molecule has 1 aliphatic rings. The first-order valence-electron chi connectivity index (χ1n) is 6.86. The zero-order valence-electron chi connectivity index (χ0n) is 12.5. The molecule has 1 amide bonds. The lowest BCUT2D eigenvalue weighted by molar-refractivity contribution is -0.116. The maximum Gasteiger partial charge on any atom is 0.223 e. The van der Waals surface area contributed by atoms with Crippen molar-refractivity contribution >= 4 is 23.0 Å². The number of benzene rings is 1. The molecule has 0 fully saturated rings. The standard InChI is InChI=1S/C15H22N2O2S/c1-11(18)17-10-9-13(16-20(19)15(2,3)4)12-7-5-6-8-14(12)17/h5-8,13,16H,9-10H2,1-4H3/t13-,20?/m1/s1. The summed E-state index contributed by atoms with van der Waals surface area (Å²) in [7, 11) is 0. The van der Waals surface area contributed by atoms with Crippen LogP contribution in [0.4, 0.5) is 5.69 Å². The first-order chi connectivity index (χ1) is 9.30. The molecule has 0 saturated carbocycles. The molecule has 20 heavy (non-hydrogen) atoms. The number of carbonyl (C=O) groups is 1. The van der Waals surface area contributed by atoms with Gasteiger partial charge in [0.1, 0.15) is 4.75 Å². The molecule has 1 heterocycles. The highest BCUT2D eigenvalue weighted by molar-refractivity contribution is 7.90. The van der Waals surface area contributed by atoms with Gasteiger partial charge in [0.15, 0.2) is 0 Å². The Morgan fingerprint density at radius 3 is 2.65 bits per heavy atom. The highest BCUT2D eigenvalue weighted by Gasteiger charge is 2.33. The van der Waals surface area contributed by atoms with Crippen molar-refractivity contribution in [3.63, 3.8) is 0 Å². The topological polar surface area (TPSA) is 55.4 Å². The van der Waals surface area contributed by atoms with Crippen LogP contribution < -0.4 is 9.62 Å². The summed E-state index contributed by atoms with van der Waals surface area (Å²) in [6.45, 7) is 8.09. The minimum atomic E-state index is -1.12. The van der Waals surface area contributed by atoms with Crippen LogP contribution in [0.5, 0.6) is 0 Å². The predicted molar refractivity (Wildman–Crippen MR) is 82.9 cm³/mol. The van der Waals surface area contributed by atoms with Crippen LogP contribution in [0.1, 0.15) is 45.7 Å². The van der Waals surface area contributed by atoms with Gasteiger partial charge in [-0.3, -0.25) is 4.79 Å². The molecule has 0 aliphatic carbocycles. The van der Waals surface area contributed by atoms with Gasteiger partial charge in [0, 0.05) is 30.5 Å². The summed E-state index contributed by atoms with van der Waals surface area (Å²) < 4.78 is 15.2. The molecule has 1 aromatic rings. The SMILES string of the molecule is CC(=O)N1CC[C@@H](N[S+]([O-])C(C)(C)C)c2ccccc21. The average Bonchev–Trinajstić information content (AvgIpc) is 2.37. The van der Waals surface area contributed by atoms with Crippen molar-refractivity contribution in [3.05, 3.63) is 29.8 Å². The smallest absolute Gasteiger partial charge is 0.223 e. The Kier molecular flexibility index (Phi) is 4.42. The van der Waals surface area contributed by atoms with Gasteiger partial charge in [0.25, 0.3) is 0 Å². The quantitative estimate of drug-likeness (QED) is 0.853. The van der Waals surface area contributed by atoms with Gasteiger partial charge < -0.3 is 9.45 Å². The van der Waals surface area contributed by atoms with Crippen LogP contribution in [0.15, 0.2) is 24.3 Å². The van der Waals surface area contributed by atoms with Crippen LogP contribution in [-0.4, -0.2) is 21.8 Å². The Balaban J connectivity index is 2.26. The van der Waals surface area contributed by atoms with Crippen molar-refractivity contribution in [2.45, 2.75) is 44.9 Å². The summed E-state index contributed by atoms with van der Waals surface area (Å²) in [5.74, 6) is 0.0489. The van der Waals surface area contributed by atoms with E-state index in [1.165, 1.54) is 0 Å². The van der Waals surface area contributed by atoms with E-state index < -0.39 is 11.4 Å². The number of para-hydroxylation sites is 1. The van der Waals surface area contributed by atoms with Crippen LogP contribution in [0.25, 0.3) is 0 Å². The molecular formula is C15H22N2O2S. The third kappa shape index (κ3) is 3.16. The fourth-order valence-electron chi connectivity index (χ4n) is 2.32. The van der Waals surface area contributed by atoms with E-state index in [-0.39, 0.29) is 16.7 Å². The van der Waals surface area contributed by atoms with E-state index in [2.05, 4.69) is 4.72 Å². The minimum absolute atomic E-state index is 0.0295. The lowest BCUT2D eigenvalue weighted by atomic mass is 9.97. The van der Waals surface area contributed by atoms with E-state index in [0.717, 1.165) is 17.7 Å². The molecule has 4 nitrogen and oxygen atoms in total. The number of nitrogens with zero attached hydrogens (tertiary/aromatic N) is 1. The number of hydrogen-bond donors (Lipinski definition) is 1. The van der Waals surface area contributed by atoms with Crippen LogP contribution in [-0.2, 0) is 16.2 Å². The lowest BCUT2D eigenvalue weighted by Gasteiger charge is -2.35. The molecule has 1 unspecified atom stereocenters. The summed E-state index contributed by atoms with van der Waals surface area (Å²) in [6.07, 6.45) is 0.776. The van der Waals surface area contributed by atoms with E-state index >= 15 is 0 Å². The van der Waals surface area contributed by atoms with Gasteiger partial charge in [0.05, 0.1) is 6.04 Å². The Morgan fingerprint density at radius 2 is 2.05 bits per heavy atom. The summed E-state index contributed by atoms with van der Waals surface area (Å²) in [5.41, 5.74) is 1.97. The van der Waals surface area contributed by atoms with Crippen LogP contribution in [0, 0.1) is 0 Å². The van der Waals surface area contributed by atoms with Crippen molar-refractivity contribution in [3.8, 4) is 0 Å². The van der Waals surface area contributed by atoms with Crippen LogP contribution >= 0.6 is 0 Å². The summed E-state index contributed by atoms with van der Waals surface area (Å²) in [5, 5.41) is 0. The van der Waals surface area contributed by atoms with E-state index in [9.17, 15) is 9.35 Å². The molecule has 0 spiro atoms. The fraction of sp³-hybridized carbons (Fsp3) is 0.533. The van der Waals surface area contributed by atoms with Gasteiger partial charge in [0.2, 0.25) is 5.91 Å². The van der Waals surface area contributed by atoms with Crippen LogP contribution in [0.3, 0.4) is 0 Å². The zero-order chi connectivity index (χ0) is 14.9. The van der Waals surface area contributed by atoms with Crippen molar-refractivity contribution in [1.29, 1.82) is 0 Å². The van der Waals surface area contributed by atoms with Gasteiger partial charge in [-0.15, -0.1) is 4.72 Å². The third-order valence-electron chi connectivity index (χ3n) is 3.43. The highest BCUT2D eigenvalue weighted by Crippen LogP contribution is 2.34. The number of amides is 1. The van der Waals surface area contributed by atoms with Crippen LogP contribution in [0.2, 0.25) is 0 Å². The second kappa shape index (κ2) is 5.76. The lowest BCUT2D eigenvalue weighted by Crippen LogP contribution is -2.45. The Morgan fingerprint density at radius 1 is 1.40 bits per heavy atom. The molecule has 1 N–H and O–H groups in total. The summed E-state index contributed by atoms with van der Waals surface area (Å²) >= 11 is -1.12. The van der Waals surface area contributed by atoms with Crippen molar-refractivity contribution < 1.29 is 9.35 Å². The van der Waals surface area contributed by atoms with E-state index in [1.807, 2.05) is 45.0 Å². The molecule has 1 aliphatic heterocycles. The summed E-state index contributed by atoms with van der Waals surface area (Å²) in [4.78, 5) is 13.5. The Hall–Kier alpha value is -1.04. The molecule has 2 atom stereocenters. The minimum Gasteiger partial charge on any atom is -0.598 e. The molecule has 1 aromatic carbocycles. The van der Waals surface area contributed by atoms with E-state index in [1.54, 1.807) is 11.8 Å². The molecule has 110 valence electrons. The first kappa shape index (κ1) is 15.4. The molecular weight excluding hydrogens is 272 g/mol. The average molecular weight is 294 g/mol. The molecule has 0 saturated heterocycles. The third-order valence-corrected chi connectivity index (χ3v) is 5.04. The van der Waals surface area contributed by atoms with E-state index in [4.69, 9.17) is 0 Å². The monoisotopic (exact) mass is 294 g/mol. The van der Waals surface area contributed by atoms with Gasteiger partial charge in [-0.1, -0.05) is 18.2 Å². The fourth-order valence-corrected chi connectivity index (χ4v) is 3.17.